The molecule has 2 amide bonds. The van der Waals surface area contributed by atoms with Crippen molar-refractivity contribution in [1.29, 1.82) is 0 Å². The van der Waals surface area contributed by atoms with Crippen molar-refractivity contribution in [3.63, 3.8) is 0 Å². The van der Waals surface area contributed by atoms with Gasteiger partial charge in [0.2, 0.25) is 11.8 Å². The van der Waals surface area contributed by atoms with E-state index in [0.717, 1.165) is 36.3 Å². The summed E-state index contributed by atoms with van der Waals surface area (Å²) >= 11 is 0. The number of fused-ring (bicyclic) bond motifs is 3. The molecule has 2 unspecified atom stereocenters. The number of hydrogen-bond donors (Lipinski definition) is 0. The fourth-order valence-electron chi connectivity index (χ4n) is 5.40. The van der Waals surface area contributed by atoms with Crippen molar-refractivity contribution < 1.29 is 14.0 Å². The van der Waals surface area contributed by atoms with Crippen LogP contribution in [0, 0.1) is 11.3 Å². The predicted octanol–water partition coefficient (Wildman–Crippen LogP) is 6.60. The minimum atomic E-state index is -0.402. The number of rotatable bonds is 9. The first kappa shape index (κ1) is 25.8. The fraction of sp³-hybridized carbons (Fsp3) is 0.467. The van der Waals surface area contributed by atoms with Crippen LogP contribution in [-0.4, -0.2) is 34.4 Å². The number of carbonyl (C=O) groups is 2. The summed E-state index contributed by atoms with van der Waals surface area (Å²) in [7, 11) is 0. The number of hydrogen-bond acceptors (Lipinski definition) is 3. The summed E-state index contributed by atoms with van der Waals surface area (Å²) in [4.78, 5) is 31.1. The summed E-state index contributed by atoms with van der Waals surface area (Å²) in [6.07, 6.45) is 6.90. The van der Waals surface area contributed by atoms with E-state index in [1.807, 2.05) is 59.6 Å². The van der Waals surface area contributed by atoms with Crippen LogP contribution in [0.25, 0.3) is 5.69 Å². The molecule has 3 aromatic rings. The third-order valence-corrected chi connectivity index (χ3v) is 6.75. The molecular formula is C30H39N3O3. The fourth-order valence-corrected chi connectivity index (χ4v) is 5.40. The van der Waals surface area contributed by atoms with Crippen LogP contribution in [0.3, 0.4) is 0 Å². The average molecular weight is 490 g/mol. The van der Waals surface area contributed by atoms with Gasteiger partial charge in [-0.1, -0.05) is 53.2 Å². The topological polar surface area (TPSA) is 58.7 Å². The molecule has 0 N–H and O–H groups in total. The summed E-state index contributed by atoms with van der Waals surface area (Å²) in [5.74, 6) is 0.899. The zero-order chi connectivity index (χ0) is 25.9. The number of carbonyl (C=O) groups excluding carboxylic acids is 2. The second-order valence-corrected chi connectivity index (χ2v) is 11.2. The lowest BCUT2D eigenvalue weighted by molar-refractivity contribution is -0.136. The van der Waals surface area contributed by atoms with Crippen molar-refractivity contribution in [2.45, 2.75) is 66.3 Å². The van der Waals surface area contributed by atoms with Crippen LogP contribution in [0.1, 0.15) is 77.8 Å². The molecule has 0 fully saturated rings. The number of furan rings is 1. The van der Waals surface area contributed by atoms with E-state index in [2.05, 4.69) is 39.2 Å². The van der Waals surface area contributed by atoms with Gasteiger partial charge in [0, 0.05) is 19.2 Å². The molecule has 3 heterocycles. The van der Waals surface area contributed by atoms with E-state index in [4.69, 9.17) is 4.42 Å². The summed E-state index contributed by atoms with van der Waals surface area (Å²) in [6, 6.07) is 15.3. The molecule has 2 aromatic heterocycles. The van der Waals surface area contributed by atoms with E-state index in [-0.39, 0.29) is 29.7 Å². The molecule has 4 rings (SSSR count). The maximum Gasteiger partial charge on any atom is 0.247 e. The Hall–Kier alpha value is -3.28. The van der Waals surface area contributed by atoms with Crippen LogP contribution in [-0.2, 0) is 9.59 Å². The number of nitrogens with zero attached hydrogens (tertiary/aromatic N) is 3. The van der Waals surface area contributed by atoms with Gasteiger partial charge in [-0.2, -0.15) is 0 Å². The van der Waals surface area contributed by atoms with Gasteiger partial charge in [-0.3, -0.25) is 14.5 Å². The van der Waals surface area contributed by atoms with Crippen LogP contribution in [0.2, 0.25) is 0 Å². The lowest BCUT2D eigenvalue weighted by Gasteiger charge is -2.38. The first-order valence-corrected chi connectivity index (χ1v) is 13.1. The molecule has 1 aromatic carbocycles. The van der Waals surface area contributed by atoms with Crippen molar-refractivity contribution in [2.24, 2.45) is 11.3 Å². The molecule has 0 radical (unpaired) electrons. The van der Waals surface area contributed by atoms with Gasteiger partial charge in [0.25, 0.3) is 0 Å². The van der Waals surface area contributed by atoms with Crippen LogP contribution >= 0.6 is 0 Å². The Kier molecular flexibility index (Phi) is 7.72. The van der Waals surface area contributed by atoms with Crippen LogP contribution in [0.15, 0.2) is 65.4 Å². The molecular weight excluding hydrogens is 450 g/mol. The van der Waals surface area contributed by atoms with Crippen molar-refractivity contribution in [1.82, 2.24) is 9.47 Å². The first-order valence-electron chi connectivity index (χ1n) is 13.1. The lowest BCUT2D eigenvalue weighted by Crippen LogP contribution is -2.47. The van der Waals surface area contributed by atoms with Gasteiger partial charge in [0.1, 0.15) is 18.3 Å². The van der Waals surface area contributed by atoms with E-state index in [0.29, 0.717) is 18.7 Å². The Morgan fingerprint density at radius 1 is 1.06 bits per heavy atom. The van der Waals surface area contributed by atoms with Gasteiger partial charge in [-0.25, -0.2) is 0 Å². The summed E-state index contributed by atoms with van der Waals surface area (Å²) in [6.45, 7) is 11.5. The lowest BCUT2D eigenvalue weighted by atomic mass is 9.84. The van der Waals surface area contributed by atoms with E-state index >= 15 is 0 Å². The average Bonchev–Trinajstić information content (AvgIpc) is 3.52. The Morgan fingerprint density at radius 3 is 2.47 bits per heavy atom. The largest absolute Gasteiger partial charge is 0.467 e. The highest BCUT2D eigenvalue weighted by atomic mass is 16.3. The van der Waals surface area contributed by atoms with E-state index in [9.17, 15) is 9.59 Å². The predicted molar refractivity (Wildman–Crippen MR) is 143 cm³/mol. The van der Waals surface area contributed by atoms with E-state index in [1.54, 1.807) is 11.2 Å². The van der Waals surface area contributed by atoms with Crippen molar-refractivity contribution in [3.8, 4) is 5.69 Å². The summed E-state index contributed by atoms with van der Waals surface area (Å²) in [5, 5.41) is 0. The van der Waals surface area contributed by atoms with Gasteiger partial charge >= 0.3 is 0 Å². The SMILES string of the molecule is CCCCN(CC(=O)N1c2ccccc2-n2cccc2C1c1ccco1)C(=O)CC(C)CC(C)(C)C. The highest BCUT2D eigenvalue weighted by Gasteiger charge is 2.38. The molecule has 6 heteroatoms. The Morgan fingerprint density at radius 2 is 1.81 bits per heavy atom. The van der Waals surface area contributed by atoms with Crippen LogP contribution in [0.4, 0.5) is 5.69 Å². The number of unbranched alkanes of at least 4 members (excludes halogenated alkanes) is 1. The van der Waals surface area contributed by atoms with Gasteiger partial charge in [-0.05, 0) is 60.6 Å². The Balaban J connectivity index is 1.64. The maximum absolute atomic E-state index is 14.1. The normalized spacial score (nSPS) is 15.8. The zero-order valence-electron chi connectivity index (χ0n) is 22.2. The zero-order valence-corrected chi connectivity index (χ0v) is 22.2. The van der Waals surface area contributed by atoms with Gasteiger partial charge in [0.15, 0.2) is 0 Å². The van der Waals surface area contributed by atoms with Crippen LogP contribution < -0.4 is 4.90 Å². The second-order valence-electron chi connectivity index (χ2n) is 11.2. The minimum Gasteiger partial charge on any atom is -0.467 e. The molecule has 1 aliphatic rings. The number of aromatic nitrogens is 1. The molecule has 36 heavy (non-hydrogen) atoms. The van der Waals surface area contributed by atoms with E-state index in [1.165, 1.54) is 0 Å². The number of amides is 2. The van der Waals surface area contributed by atoms with Gasteiger partial charge in [0.05, 0.1) is 23.3 Å². The standard InChI is InChI=1S/C30H39N3O3/c1-6-7-16-31(27(34)19-22(2)20-30(3,4)5)21-28(35)33-24-13-9-8-12-23(24)32-17-10-14-25(32)29(33)26-15-11-18-36-26/h8-15,17-18,22,29H,6-7,16,19-21H2,1-5H3. The number of para-hydroxylation sites is 2. The molecule has 0 bridgehead atoms. The first-order chi connectivity index (χ1) is 17.2. The third kappa shape index (κ3) is 5.58. The van der Waals surface area contributed by atoms with E-state index < -0.39 is 6.04 Å². The Bertz CT molecular complexity index is 1170. The van der Waals surface area contributed by atoms with Crippen molar-refractivity contribution >= 4 is 17.5 Å². The second kappa shape index (κ2) is 10.8. The van der Waals surface area contributed by atoms with Crippen molar-refractivity contribution in [3.05, 3.63) is 72.4 Å². The van der Waals surface area contributed by atoms with Gasteiger partial charge in [-0.15, -0.1) is 0 Å². The summed E-state index contributed by atoms with van der Waals surface area (Å²) in [5.41, 5.74) is 2.88. The highest BCUT2D eigenvalue weighted by Crippen LogP contribution is 2.42. The number of anilines is 1. The molecule has 2 atom stereocenters. The Labute approximate surface area is 214 Å². The molecule has 0 saturated carbocycles. The molecule has 192 valence electrons. The maximum atomic E-state index is 14.1. The third-order valence-electron chi connectivity index (χ3n) is 6.75. The van der Waals surface area contributed by atoms with Crippen molar-refractivity contribution in [2.75, 3.05) is 18.0 Å². The van der Waals surface area contributed by atoms with Crippen LogP contribution in [0.5, 0.6) is 0 Å². The highest BCUT2D eigenvalue weighted by molar-refractivity contribution is 6.00. The monoisotopic (exact) mass is 489 g/mol. The number of benzene rings is 1. The summed E-state index contributed by atoms with van der Waals surface area (Å²) < 4.78 is 7.93. The minimum absolute atomic E-state index is 0.0489. The van der Waals surface area contributed by atoms with Gasteiger partial charge < -0.3 is 13.9 Å². The molecule has 0 aliphatic carbocycles. The molecule has 1 aliphatic heterocycles. The molecule has 6 nitrogen and oxygen atoms in total. The molecule has 0 spiro atoms. The smallest absolute Gasteiger partial charge is 0.247 e. The quantitative estimate of drug-likeness (QED) is 0.340. The molecule has 0 saturated heterocycles.